The Morgan fingerprint density at radius 3 is 2.58 bits per heavy atom. The van der Waals surface area contributed by atoms with Crippen LogP contribution in [0.25, 0.3) is 0 Å². The van der Waals surface area contributed by atoms with Crippen molar-refractivity contribution in [1.29, 1.82) is 0 Å². The Hall–Kier alpha value is -2.02. The van der Waals surface area contributed by atoms with Crippen LogP contribution >= 0.6 is 0 Å². The van der Waals surface area contributed by atoms with Gasteiger partial charge in [-0.05, 0) is 37.0 Å². The van der Waals surface area contributed by atoms with Crippen LogP contribution in [-0.4, -0.2) is 6.04 Å². The minimum absolute atomic E-state index is 0.397. The number of hydrogen-bond donors (Lipinski definition) is 0. The van der Waals surface area contributed by atoms with Crippen molar-refractivity contribution in [2.45, 2.75) is 25.3 Å². The Balaban J connectivity index is 1.98. The molecule has 0 bridgehead atoms. The molecule has 0 heterocycles. The topological polar surface area (TPSA) is 3.24 Å². The van der Waals surface area contributed by atoms with Crippen LogP contribution < -0.4 is 4.90 Å². The quantitative estimate of drug-likeness (QED) is 0.756. The SMILES string of the molecule is C=C1CCC=C1N(c1ccccc1)C1C=CC=CC1. The molecule has 1 atom stereocenters. The van der Waals surface area contributed by atoms with E-state index in [0.717, 1.165) is 19.3 Å². The van der Waals surface area contributed by atoms with Crippen LogP contribution in [0, 0.1) is 0 Å². The third-order valence-corrected chi connectivity index (χ3v) is 3.73. The van der Waals surface area contributed by atoms with E-state index in [1.54, 1.807) is 0 Å². The van der Waals surface area contributed by atoms with Crippen LogP contribution in [0.15, 0.2) is 78.6 Å². The number of para-hydroxylation sites is 1. The van der Waals surface area contributed by atoms with Gasteiger partial charge in [0, 0.05) is 11.4 Å². The van der Waals surface area contributed by atoms with Gasteiger partial charge in [0.25, 0.3) is 0 Å². The molecule has 1 unspecified atom stereocenters. The van der Waals surface area contributed by atoms with Crippen LogP contribution in [0.5, 0.6) is 0 Å². The van der Waals surface area contributed by atoms with Gasteiger partial charge in [-0.1, -0.05) is 55.2 Å². The van der Waals surface area contributed by atoms with Crippen molar-refractivity contribution in [2.24, 2.45) is 0 Å². The lowest BCUT2D eigenvalue weighted by Crippen LogP contribution is -2.33. The first-order valence-electron chi connectivity index (χ1n) is 6.92. The second kappa shape index (κ2) is 5.31. The van der Waals surface area contributed by atoms with E-state index in [-0.39, 0.29) is 0 Å². The van der Waals surface area contributed by atoms with Crippen LogP contribution in [0.3, 0.4) is 0 Å². The molecule has 0 spiro atoms. The average Bonchev–Trinajstić information content (AvgIpc) is 2.88. The molecule has 0 N–H and O–H groups in total. The molecule has 19 heavy (non-hydrogen) atoms. The highest BCUT2D eigenvalue weighted by Crippen LogP contribution is 2.34. The summed E-state index contributed by atoms with van der Waals surface area (Å²) in [6.07, 6.45) is 14.4. The number of anilines is 1. The maximum absolute atomic E-state index is 4.22. The molecule has 96 valence electrons. The number of hydrogen-bond acceptors (Lipinski definition) is 1. The molecule has 0 saturated carbocycles. The molecule has 0 aromatic heterocycles. The van der Waals surface area contributed by atoms with Crippen LogP contribution in [-0.2, 0) is 0 Å². The third kappa shape index (κ3) is 2.41. The predicted octanol–water partition coefficient (Wildman–Crippen LogP) is 4.61. The lowest BCUT2D eigenvalue weighted by atomic mass is 10.0. The Kier molecular flexibility index (Phi) is 3.37. The standard InChI is InChI=1S/C18H19N/c1-15-9-8-14-18(15)19(16-10-4-2-5-11-16)17-12-6-3-7-13-17/h2-7,10-12,14,17H,1,8-9,13H2. The molecule has 3 rings (SSSR count). The zero-order valence-corrected chi connectivity index (χ0v) is 11.1. The van der Waals surface area contributed by atoms with Crippen molar-refractivity contribution >= 4 is 5.69 Å². The smallest absolute Gasteiger partial charge is 0.0559 e. The summed E-state index contributed by atoms with van der Waals surface area (Å²) >= 11 is 0. The molecular formula is C18H19N. The van der Waals surface area contributed by atoms with Gasteiger partial charge in [0.15, 0.2) is 0 Å². The Morgan fingerprint density at radius 1 is 1.11 bits per heavy atom. The zero-order chi connectivity index (χ0) is 13.1. The summed E-state index contributed by atoms with van der Waals surface area (Å²) < 4.78 is 0. The van der Waals surface area contributed by atoms with Crippen LogP contribution in [0.2, 0.25) is 0 Å². The van der Waals surface area contributed by atoms with Gasteiger partial charge in [0.05, 0.1) is 6.04 Å². The first-order valence-corrected chi connectivity index (χ1v) is 6.92. The largest absolute Gasteiger partial charge is 0.334 e. The van der Waals surface area contributed by atoms with Crippen molar-refractivity contribution in [3.05, 3.63) is 78.6 Å². The van der Waals surface area contributed by atoms with Crippen molar-refractivity contribution in [3.63, 3.8) is 0 Å². The van der Waals surface area contributed by atoms with Gasteiger partial charge in [0.1, 0.15) is 0 Å². The van der Waals surface area contributed by atoms with E-state index in [2.05, 4.69) is 72.2 Å². The normalized spacial score (nSPS) is 21.6. The van der Waals surface area contributed by atoms with Crippen molar-refractivity contribution in [2.75, 3.05) is 4.90 Å². The summed E-state index contributed by atoms with van der Waals surface area (Å²) in [6, 6.07) is 11.0. The number of allylic oxidation sites excluding steroid dienone is 4. The molecule has 1 heteroatoms. The molecule has 2 aliphatic rings. The van der Waals surface area contributed by atoms with Gasteiger partial charge in [-0.2, -0.15) is 0 Å². The van der Waals surface area contributed by atoms with Gasteiger partial charge in [-0.15, -0.1) is 0 Å². The van der Waals surface area contributed by atoms with Gasteiger partial charge in [0.2, 0.25) is 0 Å². The van der Waals surface area contributed by atoms with E-state index < -0.39 is 0 Å². The van der Waals surface area contributed by atoms with E-state index >= 15 is 0 Å². The number of rotatable bonds is 3. The molecule has 0 amide bonds. The van der Waals surface area contributed by atoms with Crippen LogP contribution in [0.1, 0.15) is 19.3 Å². The molecule has 0 fully saturated rings. The van der Waals surface area contributed by atoms with Crippen molar-refractivity contribution in [3.8, 4) is 0 Å². The van der Waals surface area contributed by atoms with Gasteiger partial charge < -0.3 is 4.90 Å². The van der Waals surface area contributed by atoms with E-state index in [4.69, 9.17) is 0 Å². The first kappa shape index (κ1) is 12.0. The fraction of sp³-hybridized carbons (Fsp3) is 0.222. The van der Waals surface area contributed by atoms with Crippen LogP contribution in [0.4, 0.5) is 5.69 Å². The molecule has 0 radical (unpaired) electrons. The summed E-state index contributed by atoms with van der Waals surface area (Å²) in [5.74, 6) is 0. The Labute approximate surface area is 115 Å². The summed E-state index contributed by atoms with van der Waals surface area (Å²) in [5.41, 5.74) is 3.81. The molecule has 1 aromatic rings. The molecule has 2 aliphatic carbocycles. The Morgan fingerprint density at radius 2 is 1.95 bits per heavy atom. The lowest BCUT2D eigenvalue weighted by Gasteiger charge is -2.34. The van der Waals surface area contributed by atoms with E-state index in [9.17, 15) is 0 Å². The van der Waals surface area contributed by atoms with E-state index in [1.165, 1.54) is 17.0 Å². The molecule has 1 aromatic carbocycles. The minimum atomic E-state index is 0.397. The summed E-state index contributed by atoms with van der Waals surface area (Å²) in [4.78, 5) is 2.43. The highest BCUT2D eigenvalue weighted by atomic mass is 15.2. The highest BCUT2D eigenvalue weighted by molar-refractivity contribution is 5.60. The fourth-order valence-electron chi connectivity index (χ4n) is 2.78. The summed E-state index contributed by atoms with van der Waals surface area (Å²) in [7, 11) is 0. The summed E-state index contributed by atoms with van der Waals surface area (Å²) in [5, 5.41) is 0. The third-order valence-electron chi connectivity index (χ3n) is 3.73. The monoisotopic (exact) mass is 249 g/mol. The fourth-order valence-corrected chi connectivity index (χ4v) is 2.78. The minimum Gasteiger partial charge on any atom is -0.334 e. The second-order valence-corrected chi connectivity index (χ2v) is 5.05. The highest BCUT2D eigenvalue weighted by Gasteiger charge is 2.24. The average molecular weight is 249 g/mol. The zero-order valence-electron chi connectivity index (χ0n) is 11.1. The number of nitrogens with zero attached hydrogens (tertiary/aromatic N) is 1. The van der Waals surface area contributed by atoms with Crippen molar-refractivity contribution < 1.29 is 0 Å². The van der Waals surface area contributed by atoms with Gasteiger partial charge >= 0.3 is 0 Å². The maximum Gasteiger partial charge on any atom is 0.0559 e. The Bertz CT molecular complexity index is 548. The van der Waals surface area contributed by atoms with Crippen molar-refractivity contribution in [1.82, 2.24) is 0 Å². The first-order chi connectivity index (χ1) is 9.36. The second-order valence-electron chi connectivity index (χ2n) is 5.05. The maximum atomic E-state index is 4.22. The molecular weight excluding hydrogens is 230 g/mol. The lowest BCUT2D eigenvalue weighted by molar-refractivity contribution is 0.758. The number of benzene rings is 1. The predicted molar refractivity (Wildman–Crippen MR) is 82.1 cm³/mol. The van der Waals surface area contributed by atoms with Gasteiger partial charge in [-0.25, -0.2) is 0 Å². The molecule has 0 saturated heterocycles. The molecule has 0 aliphatic heterocycles. The van der Waals surface area contributed by atoms with E-state index in [0.29, 0.717) is 6.04 Å². The van der Waals surface area contributed by atoms with Gasteiger partial charge in [-0.3, -0.25) is 0 Å². The van der Waals surface area contributed by atoms with E-state index in [1.807, 2.05) is 0 Å². The molecule has 1 nitrogen and oxygen atoms in total. The summed E-state index contributed by atoms with van der Waals surface area (Å²) in [6.45, 7) is 4.22.